The van der Waals surface area contributed by atoms with Crippen LogP contribution in [0.3, 0.4) is 0 Å². The minimum absolute atomic E-state index is 0.244. The van der Waals surface area contributed by atoms with E-state index in [1.807, 2.05) is 19.2 Å². The molecule has 146 valence electrons. The van der Waals surface area contributed by atoms with Gasteiger partial charge in [0.2, 0.25) is 5.95 Å². The van der Waals surface area contributed by atoms with E-state index in [4.69, 9.17) is 0 Å². The quantitative estimate of drug-likeness (QED) is 0.623. The van der Waals surface area contributed by atoms with Gasteiger partial charge in [-0.2, -0.15) is 0 Å². The predicted molar refractivity (Wildman–Crippen MR) is 114 cm³/mol. The number of anilines is 2. The molecule has 2 N–H and O–H groups in total. The van der Waals surface area contributed by atoms with E-state index in [2.05, 4.69) is 52.3 Å². The van der Waals surface area contributed by atoms with E-state index >= 15 is 0 Å². The molecule has 2 aromatic heterocycles. The van der Waals surface area contributed by atoms with E-state index in [-0.39, 0.29) is 5.92 Å². The van der Waals surface area contributed by atoms with Crippen LogP contribution < -0.4 is 5.32 Å². The van der Waals surface area contributed by atoms with Crippen LogP contribution in [-0.4, -0.2) is 20.1 Å². The molecule has 0 amide bonds. The second-order valence-electron chi connectivity index (χ2n) is 7.84. The summed E-state index contributed by atoms with van der Waals surface area (Å²) >= 11 is 1.60. The highest BCUT2D eigenvalue weighted by Gasteiger charge is 2.40. The zero-order valence-electron chi connectivity index (χ0n) is 16.6. The number of benzene rings is 1. The lowest BCUT2D eigenvalue weighted by Gasteiger charge is -2.36. The van der Waals surface area contributed by atoms with Crippen LogP contribution in [0.15, 0.2) is 36.7 Å². The molecule has 0 radical (unpaired) electrons. The summed E-state index contributed by atoms with van der Waals surface area (Å²) in [7, 11) is 0. The van der Waals surface area contributed by atoms with E-state index in [0.717, 1.165) is 51.7 Å². The maximum atomic E-state index is 11.2. The Kier molecular flexibility index (Phi) is 5.17. The summed E-state index contributed by atoms with van der Waals surface area (Å²) in [5, 5.41) is 15.4. The number of hydrogen-bond acceptors (Lipinski definition) is 6. The molecule has 0 aliphatic heterocycles. The standard InChI is InChI=1S/C22H26N4OS/c1-14-10-17(12-18(11-14)26-21-23-9-7-16(3)25-21)19-13-24-20(28-19)22(27)8-5-4-6-15(22)2/h7,9-13,15,27H,4-6,8H2,1-3H3,(H,23,25,26). The van der Waals surface area contributed by atoms with E-state index in [1.54, 1.807) is 17.5 Å². The third kappa shape index (κ3) is 3.80. The number of nitrogens with zero attached hydrogens (tertiary/aromatic N) is 3. The molecule has 0 bridgehead atoms. The molecule has 28 heavy (non-hydrogen) atoms. The van der Waals surface area contributed by atoms with Gasteiger partial charge in [0.15, 0.2) is 0 Å². The van der Waals surface area contributed by atoms with Gasteiger partial charge in [-0.1, -0.05) is 25.8 Å². The number of thiazole rings is 1. The van der Waals surface area contributed by atoms with Crippen molar-refractivity contribution in [3.8, 4) is 10.4 Å². The van der Waals surface area contributed by atoms with Crippen molar-refractivity contribution in [3.63, 3.8) is 0 Å². The number of aryl methyl sites for hydroxylation is 2. The lowest BCUT2D eigenvalue weighted by Crippen LogP contribution is -2.36. The van der Waals surface area contributed by atoms with Gasteiger partial charge in [-0.05, 0) is 61.9 Å². The molecule has 1 saturated carbocycles. The molecule has 0 spiro atoms. The molecule has 1 aromatic carbocycles. The fourth-order valence-electron chi connectivity index (χ4n) is 3.89. The Labute approximate surface area is 169 Å². The number of nitrogens with one attached hydrogen (secondary N) is 1. The Morgan fingerprint density at radius 1 is 1.18 bits per heavy atom. The topological polar surface area (TPSA) is 70.9 Å². The monoisotopic (exact) mass is 394 g/mol. The van der Waals surface area contributed by atoms with Crippen molar-refractivity contribution >= 4 is 23.0 Å². The molecule has 5 nitrogen and oxygen atoms in total. The smallest absolute Gasteiger partial charge is 0.227 e. The minimum Gasteiger partial charge on any atom is -0.382 e. The van der Waals surface area contributed by atoms with Crippen molar-refractivity contribution in [2.45, 2.75) is 52.1 Å². The maximum absolute atomic E-state index is 11.2. The largest absolute Gasteiger partial charge is 0.382 e. The first-order valence-electron chi connectivity index (χ1n) is 9.81. The van der Waals surface area contributed by atoms with Crippen LogP contribution in [0.2, 0.25) is 0 Å². The first-order valence-corrected chi connectivity index (χ1v) is 10.6. The molecule has 1 aliphatic carbocycles. The second-order valence-corrected chi connectivity index (χ2v) is 8.87. The van der Waals surface area contributed by atoms with Crippen LogP contribution in [0.4, 0.5) is 11.6 Å². The van der Waals surface area contributed by atoms with Crippen LogP contribution in [0.25, 0.3) is 10.4 Å². The molecule has 1 aliphatic rings. The molecule has 6 heteroatoms. The maximum Gasteiger partial charge on any atom is 0.227 e. The summed E-state index contributed by atoms with van der Waals surface area (Å²) in [6.07, 6.45) is 7.75. The first kappa shape index (κ1) is 19.0. The minimum atomic E-state index is -0.790. The zero-order chi connectivity index (χ0) is 19.7. The van der Waals surface area contributed by atoms with E-state index in [1.165, 1.54) is 6.42 Å². The lowest BCUT2D eigenvalue weighted by atomic mass is 9.77. The summed E-state index contributed by atoms with van der Waals surface area (Å²) in [5.74, 6) is 0.834. The highest BCUT2D eigenvalue weighted by Crippen LogP contribution is 2.44. The molecule has 0 saturated heterocycles. The van der Waals surface area contributed by atoms with Gasteiger partial charge < -0.3 is 10.4 Å². The van der Waals surface area contributed by atoms with Crippen LogP contribution >= 0.6 is 11.3 Å². The Balaban J connectivity index is 1.63. The van der Waals surface area contributed by atoms with Crippen molar-refractivity contribution in [1.82, 2.24) is 15.0 Å². The van der Waals surface area contributed by atoms with Gasteiger partial charge in [0.1, 0.15) is 10.6 Å². The first-order chi connectivity index (χ1) is 13.4. The fraction of sp³-hybridized carbons (Fsp3) is 0.409. The summed E-state index contributed by atoms with van der Waals surface area (Å²) < 4.78 is 0. The van der Waals surface area contributed by atoms with Crippen molar-refractivity contribution in [3.05, 3.63) is 52.9 Å². The summed E-state index contributed by atoms with van der Waals surface area (Å²) in [6.45, 7) is 6.16. The van der Waals surface area contributed by atoms with Gasteiger partial charge in [0, 0.05) is 23.8 Å². The highest BCUT2D eigenvalue weighted by atomic mass is 32.1. The van der Waals surface area contributed by atoms with Crippen LogP contribution in [0.1, 0.15) is 48.9 Å². The van der Waals surface area contributed by atoms with Gasteiger partial charge in [0.25, 0.3) is 0 Å². The average molecular weight is 395 g/mol. The van der Waals surface area contributed by atoms with E-state index in [0.29, 0.717) is 5.95 Å². The molecular weight excluding hydrogens is 368 g/mol. The summed E-state index contributed by atoms with van der Waals surface area (Å²) in [6, 6.07) is 8.19. The van der Waals surface area contributed by atoms with Gasteiger partial charge >= 0.3 is 0 Å². The van der Waals surface area contributed by atoms with E-state index < -0.39 is 5.60 Å². The number of rotatable bonds is 4. The van der Waals surface area contributed by atoms with Crippen molar-refractivity contribution in [1.29, 1.82) is 0 Å². The Morgan fingerprint density at radius 3 is 2.82 bits per heavy atom. The Morgan fingerprint density at radius 2 is 2.04 bits per heavy atom. The molecular formula is C22H26N4OS. The molecule has 1 fully saturated rings. The van der Waals surface area contributed by atoms with Crippen LogP contribution in [0, 0.1) is 19.8 Å². The van der Waals surface area contributed by atoms with Crippen molar-refractivity contribution in [2.24, 2.45) is 5.92 Å². The van der Waals surface area contributed by atoms with Gasteiger partial charge in [0.05, 0.1) is 4.88 Å². The van der Waals surface area contributed by atoms with Crippen LogP contribution in [-0.2, 0) is 5.60 Å². The zero-order valence-corrected chi connectivity index (χ0v) is 17.4. The fourth-order valence-corrected chi connectivity index (χ4v) is 5.03. The van der Waals surface area contributed by atoms with Gasteiger partial charge in [-0.3, -0.25) is 0 Å². The Bertz CT molecular complexity index is 986. The average Bonchev–Trinajstić information content (AvgIpc) is 3.15. The summed E-state index contributed by atoms with van der Waals surface area (Å²) in [4.78, 5) is 14.4. The number of aliphatic hydroxyl groups is 1. The molecule has 2 unspecified atom stereocenters. The second kappa shape index (κ2) is 7.60. The SMILES string of the molecule is Cc1cc(Nc2nccc(C)n2)cc(-c2cnc(C3(O)CCCCC3C)s2)c1. The lowest BCUT2D eigenvalue weighted by molar-refractivity contribution is -0.0470. The molecule has 3 aromatic rings. The number of aromatic nitrogens is 3. The van der Waals surface area contributed by atoms with Crippen molar-refractivity contribution < 1.29 is 5.11 Å². The predicted octanol–water partition coefficient (Wildman–Crippen LogP) is 5.36. The third-order valence-electron chi connectivity index (χ3n) is 5.55. The molecule has 4 rings (SSSR count). The van der Waals surface area contributed by atoms with Gasteiger partial charge in [-0.25, -0.2) is 15.0 Å². The summed E-state index contributed by atoms with van der Waals surface area (Å²) in [5.41, 5.74) is 3.31. The van der Waals surface area contributed by atoms with E-state index in [9.17, 15) is 5.11 Å². The molecule has 2 atom stereocenters. The van der Waals surface area contributed by atoms with Crippen molar-refractivity contribution in [2.75, 3.05) is 5.32 Å². The number of hydrogen-bond donors (Lipinski definition) is 2. The highest BCUT2D eigenvalue weighted by molar-refractivity contribution is 7.15. The third-order valence-corrected chi connectivity index (χ3v) is 6.76. The van der Waals surface area contributed by atoms with Gasteiger partial charge in [-0.15, -0.1) is 11.3 Å². The molecule has 2 heterocycles. The Hall–Kier alpha value is -2.31. The normalized spacial score (nSPS) is 22.2. The van der Waals surface area contributed by atoms with Crippen LogP contribution in [0.5, 0.6) is 0 Å².